The van der Waals surface area contributed by atoms with E-state index in [1.165, 1.54) is 34.9 Å². The molecular weight excluding hydrogens is 598 g/mol. The highest BCUT2D eigenvalue weighted by Gasteiger charge is 2.31. The third-order valence-corrected chi connectivity index (χ3v) is 9.42. The fraction of sp³-hybridized carbons (Fsp3) is 0.200. The van der Waals surface area contributed by atoms with Crippen LogP contribution in [0, 0.1) is 0 Å². The second-order valence-electron chi connectivity index (χ2n) is 8.69. The molecule has 1 aliphatic heterocycles. The fourth-order valence-electron chi connectivity index (χ4n) is 4.24. The molecule has 4 aromatic rings. The Balaban J connectivity index is 1.29. The number of nitrogens with zero attached hydrogens (tertiary/aromatic N) is 4. The number of anilines is 3. The van der Waals surface area contributed by atoms with Crippen molar-refractivity contribution in [3.8, 4) is 0 Å². The standard InChI is InChI=1S/C25H19Cl3F3N5O2S/c26-19-14-33-24(23(28)22(19)27)35-9-11-36(12-10-35)39(37,38)17-4-2-16(3-5-17)34-20-7-8-32-21-13-15(25(29,30)31)1-6-18(20)21/h1-8,13-14H,9-12H2,(H,32,34). The Bertz CT molecular complexity index is 1650. The Morgan fingerprint density at radius 1 is 0.872 bits per heavy atom. The lowest BCUT2D eigenvalue weighted by molar-refractivity contribution is -0.137. The average molecular weight is 617 g/mol. The lowest BCUT2D eigenvalue weighted by atomic mass is 10.1. The molecule has 39 heavy (non-hydrogen) atoms. The summed E-state index contributed by atoms with van der Waals surface area (Å²) in [5.74, 6) is 0.441. The van der Waals surface area contributed by atoms with Crippen LogP contribution in [0.3, 0.4) is 0 Å². The van der Waals surface area contributed by atoms with Gasteiger partial charge in [-0.3, -0.25) is 4.98 Å². The van der Waals surface area contributed by atoms with Gasteiger partial charge in [0, 0.05) is 55.3 Å². The van der Waals surface area contributed by atoms with Gasteiger partial charge in [0.25, 0.3) is 0 Å². The summed E-state index contributed by atoms with van der Waals surface area (Å²) in [6.45, 7) is 1.14. The summed E-state index contributed by atoms with van der Waals surface area (Å²) in [6.07, 6.45) is -1.66. The summed E-state index contributed by atoms with van der Waals surface area (Å²) >= 11 is 18.3. The minimum atomic E-state index is -4.47. The van der Waals surface area contributed by atoms with Crippen molar-refractivity contribution in [2.24, 2.45) is 0 Å². The summed E-state index contributed by atoms with van der Waals surface area (Å²) in [7, 11) is -3.77. The maximum atomic E-state index is 13.3. The predicted octanol–water partition coefficient (Wildman–Crippen LogP) is 6.86. The van der Waals surface area contributed by atoms with Crippen LogP contribution in [-0.4, -0.2) is 48.9 Å². The smallest absolute Gasteiger partial charge is 0.355 e. The number of pyridine rings is 2. The van der Waals surface area contributed by atoms with E-state index < -0.39 is 21.8 Å². The zero-order chi connectivity index (χ0) is 27.9. The van der Waals surface area contributed by atoms with Crippen LogP contribution in [0.4, 0.5) is 30.4 Å². The molecule has 0 bridgehead atoms. The van der Waals surface area contributed by atoms with Gasteiger partial charge in [0.15, 0.2) is 0 Å². The number of hydrogen-bond acceptors (Lipinski definition) is 6. The molecule has 7 nitrogen and oxygen atoms in total. The zero-order valence-corrected chi connectivity index (χ0v) is 23.0. The Labute approximate surface area is 237 Å². The Hall–Kier alpha value is -2.83. The van der Waals surface area contributed by atoms with E-state index in [9.17, 15) is 21.6 Å². The molecule has 0 amide bonds. The van der Waals surface area contributed by atoms with Crippen molar-refractivity contribution in [3.05, 3.63) is 81.6 Å². The maximum Gasteiger partial charge on any atom is 0.416 e. The third-order valence-electron chi connectivity index (χ3n) is 6.28. The van der Waals surface area contributed by atoms with Crippen LogP contribution in [0.15, 0.2) is 65.8 Å². The van der Waals surface area contributed by atoms with Gasteiger partial charge in [0.05, 0.1) is 26.0 Å². The normalized spacial score (nSPS) is 15.1. The molecule has 0 saturated carbocycles. The van der Waals surface area contributed by atoms with Crippen LogP contribution in [0.1, 0.15) is 5.56 Å². The second kappa shape index (κ2) is 10.6. The van der Waals surface area contributed by atoms with E-state index in [1.54, 1.807) is 18.2 Å². The van der Waals surface area contributed by atoms with E-state index in [-0.39, 0.29) is 38.6 Å². The first-order chi connectivity index (χ1) is 18.4. The monoisotopic (exact) mass is 615 g/mol. The van der Waals surface area contributed by atoms with Gasteiger partial charge in [-0.15, -0.1) is 0 Å². The van der Waals surface area contributed by atoms with Crippen LogP contribution in [0.2, 0.25) is 15.1 Å². The molecule has 0 spiro atoms. The van der Waals surface area contributed by atoms with Crippen LogP contribution >= 0.6 is 34.8 Å². The minimum absolute atomic E-state index is 0.113. The van der Waals surface area contributed by atoms with Crippen molar-refractivity contribution in [1.82, 2.24) is 14.3 Å². The van der Waals surface area contributed by atoms with Crippen LogP contribution in [0.25, 0.3) is 10.9 Å². The van der Waals surface area contributed by atoms with E-state index in [1.807, 2.05) is 4.90 Å². The maximum absolute atomic E-state index is 13.3. The van der Waals surface area contributed by atoms with Gasteiger partial charge in [0.2, 0.25) is 10.0 Å². The number of sulfonamides is 1. The number of alkyl halides is 3. The number of halogens is 6. The first-order valence-electron chi connectivity index (χ1n) is 11.5. The fourth-order valence-corrected chi connectivity index (χ4v) is 6.26. The predicted molar refractivity (Wildman–Crippen MR) is 147 cm³/mol. The SMILES string of the molecule is O=S(=O)(c1ccc(Nc2ccnc3cc(C(F)(F)F)ccc23)cc1)N1CCN(c2ncc(Cl)c(Cl)c2Cl)CC1. The van der Waals surface area contributed by atoms with Gasteiger partial charge >= 0.3 is 6.18 Å². The van der Waals surface area contributed by atoms with Gasteiger partial charge in [-0.05, 0) is 42.5 Å². The Kier molecular flexibility index (Phi) is 7.55. The molecule has 5 rings (SSSR count). The molecule has 0 radical (unpaired) electrons. The van der Waals surface area contributed by atoms with Crippen LogP contribution < -0.4 is 10.2 Å². The van der Waals surface area contributed by atoms with Gasteiger partial charge < -0.3 is 10.2 Å². The van der Waals surface area contributed by atoms with Gasteiger partial charge in [-0.25, -0.2) is 13.4 Å². The molecule has 2 aromatic heterocycles. The lowest BCUT2D eigenvalue weighted by Gasteiger charge is -2.35. The average Bonchev–Trinajstić information content (AvgIpc) is 2.92. The number of fused-ring (bicyclic) bond motifs is 1. The molecule has 204 valence electrons. The number of benzene rings is 2. The quantitative estimate of drug-likeness (QED) is 0.264. The number of piperazine rings is 1. The molecule has 1 N–H and O–H groups in total. The Morgan fingerprint density at radius 3 is 2.23 bits per heavy atom. The van der Waals surface area contributed by atoms with Crippen molar-refractivity contribution < 1.29 is 21.6 Å². The van der Waals surface area contributed by atoms with E-state index in [0.29, 0.717) is 35.7 Å². The van der Waals surface area contributed by atoms with Crippen molar-refractivity contribution >= 4 is 72.9 Å². The number of nitrogens with one attached hydrogen (secondary N) is 1. The number of rotatable bonds is 5. The summed E-state index contributed by atoms with van der Waals surface area (Å²) in [6, 6.07) is 11.1. The van der Waals surface area contributed by atoms with Crippen LogP contribution in [0.5, 0.6) is 0 Å². The van der Waals surface area contributed by atoms with Gasteiger partial charge in [0.1, 0.15) is 10.8 Å². The zero-order valence-electron chi connectivity index (χ0n) is 19.9. The molecular formula is C25H19Cl3F3N5O2S. The molecule has 1 fully saturated rings. The first-order valence-corrected chi connectivity index (χ1v) is 14.1. The summed E-state index contributed by atoms with van der Waals surface area (Å²) in [4.78, 5) is 10.2. The molecule has 3 heterocycles. The number of aromatic nitrogens is 2. The first kappa shape index (κ1) is 27.7. The van der Waals surface area contributed by atoms with Crippen molar-refractivity contribution in [2.45, 2.75) is 11.1 Å². The molecule has 14 heteroatoms. The van der Waals surface area contributed by atoms with E-state index >= 15 is 0 Å². The largest absolute Gasteiger partial charge is 0.416 e. The van der Waals surface area contributed by atoms with Crippen molar-refractivity contribution in [1.29, 1.82) is 0 Å². The summed E-state index contributed by atoms with van der Waals surface area (Å²) in [5.41, 5.74) is 0.499. The highest BCUT2D eigenvalue weighted by Crippen LogP contribution is 2.37. The second-order valence-corrected chi connectivity index (χ2v) is 11.8. The number of hydrogen-bond donors (Lipinski definition) is 1. The minimum Gasteiger partial charge on any atom is -0.355 e. The summed E-state index contributed by atoms with van der Waals surface area (Å²) < 4.78 is 67.1. The molecule has 0 unspecified atom stereocenters. The Morgan fingerprint density at radius 2 is 1.56 bits per heavy atom. The van der Waals surface area contributed by atoms with E-state index in [4.69, 9.17) is 34.8 Å². The highest BCUT2D eigenvalue weighted by molar-refractivity contribution is 7.89. The van der Waals surface area contributed by atoms with Gasteiger partial charge in [-0.1, -0.05) is 40.9 Å². The molecule has 1 saturated heterocycles. The van der Waals surface area contributed by atoms with Crippen LogP contribution in [-0.2, 0) is 16.2 Å². The van der Waals surface area contributed by atoms with Gasteiger partial charge in [-0.2, -0.15) is 17.5 Å². The van der Waals surface area contributed by atoms with E-state index in [2.05, 4.69) is 15.3 Å². The third kappa shape index (κ3) is 5.59. The topological polar surface area (TPSA) is 78.4 Å². The molecule has 0 aliphatic carbocycles. The molecule has 1 aliphatic rings. The lowest BCUT2D eigenvalue weighted by Crippen LogP contribution is -2.49. The highest BCUT2D eigenvalue weighted by atomic mass is 35.5. The summed E-state index contributed by atoms with van der Waals surface area (Å²) in [5, 5.41) is 4.26. The van der Waals surface area contributed by atoms with Crippen molar-refractivity contribution in [2.75, 3.05) is 36.4 Å². The van der Waals surface area contributed by atoms with E-state index in [0.717, 1.165) is 12.1 Å². The van der Waals surface area contributed by atoms with Crippen molar-refractivity contribution in [3.63, 3.8) is 0 Å². The molecule has 2 aromatic carbocycles. The molecule has 0 atom stereocenters.